The van der Waals surface area contributed by atoms with Crippen molar-refractivity contribution >= 4 is 65.2 Å². The summed E-state index contributed by atoms with van der Waals surface area (Å²) in [5.74, 6) is -4.11. The summed E-state index contributed by atoms with van der Waals surface area (Å²) in [4.78, 5) is 1.69. The highest BCUT2D eigenvalue weighted by molar-refractivity contribution is 7.80. The van der Waals surface area contributed by atoms with Crippen LogP contribution in [0.15, 0.2) is 15.9 Å². The van der Waals surface area contributed by atoms with E-state index in [1.54, 1.807) is 20.8 Å². The van der Waals surface area contributed by atoms with Gasteiger partial charge in [0.1, 0.15) is 41.0 Å². The van der Waals surface area contributed by atoms with E-state index in [-0.39, 0.29) is 33.7 Å². The fraction of sp³-hybridized carbons (Fsp3) is 0.419. The second-order valence-electron chi connectivity index (χ2n) is 10.8. The van der Waals surface area contributed by atoms with Gasteiger partial charge in [0, 0.05) is 0 Å². The van der Waals surface area contributed by atoms with E-state index in [2.05, 4.69) is 30.2 Å². The Morgan fingerprint density at radius 2 is 1.05 bits per heavy atom. The van der Waals surface area contributed by atoms with Crippen LogP contribution in [-0.4, -0.2) is 48.1 Å². The van der Waals surface area contributed by atoms with Gasteiger partial charge in [-0.3, -0.25) is 0 Å². The number of nitrogens with zero attached hydrogens (tertiary/aromatic N) is 1. The van der Waals surface area contributed by atoms with E-state index in [0.717, 1.165) is 5.56 Å². The van der Waals surface area contributed by atoms with Crippen molar-refractivity contribution in [2.45, 2.75) is 76.0 Å². The fourth-order valence-corrected chi connectivity index (χ4v) is 5.92. The largest absolute Gasteiger partial charge is 0.303 e. The zero-order valence-electron chi connectivity index (χ0n) is 24.4. The summed E-state index contributed by atoms with van der Waals surface area (Å²) in [7, 11) is 18.0. The highest BCUT2D eigenvalue weighted by atomic mass is 32.1. The summed E-state index contributed by atoms with van der Waals surface area (Å²) < 4.78 is 72.7. The third-order valence-electron chi connectivity index (χ3n) is 8.14. The fourth-order valence-electron chi connectivity index (χ4n) is 5.39. The van der Waals surface area contributed by atoms with Gasteiger partial charge in [-0.25, -0.2) is 22.0 Å². The predicted octanol–water partition coefficient (Wildman–Crippen LogP) is 5.07. The molecule has 0 aromatic heterocycles. The molecule has 218 valence electrons. The number of halogens is 5. The summed E-state index contributed by atoms with van der Waals surface area (Å²) in [6.45, 7) is 8.27. The zero-order valence-corrected chi connectivity index (χ0v) is 26.2. The Morgan fingerprint density at radius 1 is 0.571 bits per heavy atom. The molecule has 0 saturated carbocycles. The third-order valence-corrected chi connectivity index (χ3v) is 9.01. The molecule has 1 nitrogen and oxygen atoms in total. The molecule has 11 heteroatoms. The van der Waals surface area contributed by atoms with E-state index >= 15 is 0 Å². The van der Waals surface area contributed by atoms with Gasteiger partial charge in [-0.05, 0) is 125 Å². The average molecular weight is 611 g/mol. The van der Waals surface area contributed by atoms with Crippen LogP contribution in [0, 0.1) is 56.8 Å². The summed E-state index contributed by atoms with van der Waals surface area (Å²) in [5.41, 5.74) is 3.79. The third kappa shape index (κ3) is 7.44. The number of hydrogen-bond donors (Lipinski definition) is 2. The van der Waals surface area contributed by atoms with Crippen LogP contribution in [0.4, 0.5) is 22.0 Å². The SMILES string of the molecule is [B]c1c(C)cc(F)c(CCCN(CCCc2c(C)c([B])c(S)c([B])c2F)CCCc2c(C)c(F)c(S)c(F)c2F)c1C. The smallest absolute Gasteiger partial charge is 0.175 e. The van der Waals surface area contributed by atoms with Crippen molar-refractivity contribution < 1.29 is 22.0 Å². The second kappa shape index (κ2) is 14.8. The summed E-state index contributed by atoms with van der Waals surface area (Å²) in [5, 5.41) is 0. The van der Waals surface area contributed by atoms with Gasteiger partial charge in [0.2, 0.25) is 0 Å². The molecule has 3 rings (SSSR count). The van der Waals surface area contributed by atoms with Crippen molar-refractivity contribution in [2.75, 3.05) is 19.6 Å². The lowest BCUT2D eigenvalue weighted by atomic mass is 9.80. The summed E-state index contributed by atoms with van der Waals surface area (Å²) in [6.07, 6.45) is 2.51. The van der Waals surface area contributed by atoms with Crippen LogP contribution in [0.1, 0.15) is 58.2 Å². The van der Waals surface area contributed by atoms with E-state index in [1.807, 2.05) is 0 Å². The van der Waals surface area contributed by atoms with Crippen molar-refractivity contribution in [3.05, 3.63) is 74.1 Å². The molecule has 3 aromatic rings. The molecule has 0 N–H and O–H groups in total. The molecule has 6 radical (unpaired) electrons. The van der Waals surface area contributed by atoms with E-state index < -0.39 is 28.2 Å². The van der Waals surface area contributed by atoms with Crippen molar-refractivity contribution in [1.29, 1.82) is 0 Å². The zero-order chi connectivity index (χ0) is 31.5. The minimum Gasteiger partial charge on any atom is -0.303 e. The van der Waals surface area contributed by atoms with E-state index in [1.165, 1.54) is 13.0 Å². The highest BCUT2D eigenvalue weighted by Crippen LogP contribution is 2.28. The Hall–Kier alpha value is -1.84. The molecule has 0 saturated heterocycles. The first-order valence-corrected chi connectivity index (χ1v) is 14.7. The lowest BCUT2D eigenvalue weighted by molar-refractivity contribution is 0.262. The number of hydrogen-bond acceptors (Lipinski definition) is 3. The highest BCUT2D eigenvalue weighted by Gasteiger charge is 2.21. The van der Waals surface area contributed by atoms with Gasteiger partial charge in [-0.15, -0.1) is 25.3 Å². The molecule has 0 spiro atoms. The normalized spacial score (nSPS) is 11.6. The molecular weight excluding hydrogens is 578 g/mol. The van der Waals surface area contributed by atoms with Gasteiger partial charge in [0.15, 0.2) is 11.6 Å². The maximum atomic E-state index is 14.9. The summed E-state index contributed by atoms with van der Waals surface area (Å²) >= 11 is 7.94. The number of rotatable bonds is 12. The Kier molecular flexibility index (Phi) is 12.2. The molecular formula is C31H33B3F5NS2. The number of aryl methyl sites for hydroxylation is 1. The Balaban J connectivity index is 1.74. The van der Waals surface area contributed by atoms with Gasteiger partial charge in [0.05, 0.1) is 4.90 Å². The molecule has 0 aliphatic rings. The van der Waals surface area contributed by atoms with Gasteiger partial charge >= 0.3 is 0 Å². The Bertz CT molecular complexity index is 1350. The van der Waals surface area contributed by atoms with Crippen molar-refractivity contribution in [2.24, 2.45) is 0 Å². The molecule has 42 heavy (non-hydrogen) atoms. The Morgan fingerprint density at radius 3 is 1.60 bits per heavy atom. The number of thiol groups is 2. The lowest BCUT2D eigenvalue weighted by Crippen LogP contribution is -2.30. The maximum absolute atomic E-state index is 14.9. The minimum atomic E-state index is -1.30. The van der Waals surface area contributed by atoms with Crippen molar-refractivity contribution in [3.63, 3.8) is 0 Å². The van der Waals surface area contributed by atoms with E-state index in [9.17, 15) is 22.0 Å². The molecule has 3 aromatic carbocycles. The molecule has 0 amide bonds. The molecule has 0 unspecified atom stereocenters. The molecule has 0 bridgehead atoms. The average Bonchev–Trinajstić information content (AvgIpc) is 2.96. The van der Waals surface area contributed by atoms with Gasteiger partial charge in [-0.2, -0.15) is 0 Å². The molecule has 0 atom stereocenters. The van der Waals surface area contributed by atoms with Crippen LogP contribution in [0.3, 0.4) is 0 Å². The second-order valence-corrected chi connectivity index (χ2v) is 11.7. The monoisotopic (exact) mass is 611 g/mol. The quantitative estimate of drug-likeness (QED) is 0.125. The first-order chi connectivity index (χ1) is 19.7. The van der Waals surface area contributed by atoms with Crippen LogP contribution in [0.5, 0.6) is 0 Å². The first kappa shape index (κ1) is 34.7. The van der Waals surface area contributed by atoms with Crippen molar-refractivity contribution in [3.8, 4) is 0 Å². The minimum absolute atomic E-state index is 0.0222. The standard InChI is InChI=1S/C31H33B3F5NS2/c1-15-14-22(35)19(16(2)23(15)32)8-5-11-40(12-6-9-20-17(3)24(33)30(41)25(34)27(20)37)13-7-10-21-18(4)26(36)31(42)29(39)28(21)38/h14,41-42H,5-13H2,1-4H3. The van der Waals surface area contributed by atoms with Crippen LogP contribution in [0.25, 0.3) is 0 Å². The maximum Gasteiger partial charge on any atom is 0.175 e. The van der Waals surface area contributed by atoms with Crippen molar-refractivity contribution in [1.82, 2.24) is 4.90 Å². The molecule has 0 aliphatic carbocycles. The molecule has 0 fully saturated rings. The van der Waals surface area contributed by atoms with Gasteiger partial charge in [0.25, 0.3) is 0 Å². The Labute approximate surface area is 261 Å². The first-order valence-electron chi connectivity index (χ1n) is 13.8. The van der Waals surface area contributed by atoms with Gasteiger partial charge < -0.3 is 4.90 Å². The van der Waals surface area contributed by atoms with Crippen LogP contribution < -0.4 is 16.4 Å². The molecule has 0 heterocycles. The van der Waals surface area contributed by atoms with E-state index in [0.29, 0.717) is 84.9 Å². The van der Waals surface area contributed by atoms with Crippen LogP contribution in [-0.2, 0) is 19.3 Å². The molecule has 0 aliphatic heterocycles. The van der Waals surface area contributed by atoms with Gasteiger partial charge in [-0.1, -0.05) is 27.6 Å². The predicted molar refractivity (Wildman–Crippen MR) is 170 cm³/mol. The van der Waals surface area contributed by atoms with E-state index in [4.69, 9.17) is 23.5 Å². The number of benzene rings is 3. The van der Waals surface area contributed by atoms with Crippen LogP contribution >= 0.6 is 25.3 Å². The lowest BCUT2D eigenvalue weighted by Gasteiger charge is -2.24. The van der Waals surface area contributed by atoms with Crippen LogP contribution in [0.2, 0.25) is 0 Å². The summed E-state index contributed by atoms with van der Waals surface area (Å²) in [6, 6.07) is 1.44. The topological polar surface area (TPSA) is 3.24 Å².